The van der Waals surface area contributed by atoms with Crippen molar-refractivity contribution in [2.75, 3.05) is 25.6 Å². The largest absolute Gasteiger partial charge is 0.467 e. The first-order valence-corrected chi connectivity index (χ1v) is 10.9. The summed E-state index contributed by atoms with van der Waals surface area (Å²) in [6, 6.07) is 14.0. The number of hydrogen-bond acceptors (Lipinski definition) is 6. The Balaban J connectivity index is 1.24. The second-order valence-electron chi connectivity index (χ2n) is 7.77. The summed E-state index contributed by atoms with van der Waals surface area (Å²) in [7, 11) is 0. The molecule has 0 saturated carbocycles. The molecular formula is C24H25FN6O3. The summed E-state index contributed by atoms with van der Waals surface area (Å²) in [6.45, 7) is 1.15. The number of anilines is 1. The molecule has 1 aromatic heterocycles. The summed E-state index contributed by atoms with van der Waals surface area (Å²) >= 11 is 0. The number of carbonyl (C=O) groups is 1. The van der Waals surface area contributed by atoms with Crippen LogP contribution in [0.25, 0.3) is 5.69 Å². The summed E-state index contributed by atoms with van der Waals surface area (Å²) < 4.78 is 26.0. The van der Waals surface area contributed by atoms with E-state index >= 15 is 0 Å². The number of rotatable bonds is 8. The first kappa shape index (κ1) is 23.1. The molecule has 0 radical (unpaired) electrons. The fourth-order valence-electron chi connectivity index (χ4n) is 3.81. The van der Waals surface area contributed by atoms with E-state index in [1.807, 2.05) is 30.3 Å². The third-order valence-electron chi connectivity index (χ3n) is 5.41. The summed E-state index contributed by atoms with van der Waals surface area (Å²) in [4.78, 5) is 12.1. The molecule has 0 bridgehead atoms. The number of nitriles is 1. The molecule has 10 heteroatoms. The van der Waals surface area contributed by atoms with Crippen molar-refractivity contribution in [3.05, 3.63) is 70.7 Å². The summed E-state index contributed by atoms with van der Waals surface area (Å²) in [5.41, 5.74) is 9.18. The van der Waals surface area contributed by atoms with Gasteiger partial charge in [0.1, 0.15) is 29.0 Å². The Labute approximate surface area is 196 Å². The Morgan fingerprint density at radius 1 is 1.21 bits per heavy atom. The number of ether oxygens (including phenoxy) is 2. The van der Waals surface area contributed by atoms with Crippen LogP contribution in [0.3, 0.4) is 0 Å². The molecule has 2 amide bonds. The van der Waals surface area contributed by atoms with Crippen molar-refractivity contribution in [1.82, 2.24) is 20.4 Å². The first-order chi connectivity index (χ1) is 16.6. The number of nitrogen functional groups attached to an aromatic ring is 1. The maximum Gasteiger partial charge on any atom is 0.314 e. The molecule has 0 atom stereocenters. The smallest absolute Gasteiger partial charge is 0.314 e. The van der Waals surface area contributed by atoms with Crippen LogP contribution in [-0.4, -0.2) is 35.7 Å². The lowest BCUT2D eigenvalue weighted by Gasteiger charge is -2.21. The van der Waals surface area contributed by atoms with Crippen molar-refractivity contribution in [2.24, 2.45) is 0 Å². The lowest BCUT2D eigenvalue weighted by atomic mass is 10.1. The highest BCUT2D eigenvalue weighted by Gasteiger charge is 2.18. The third kappa shape index (κ3) is 5.27. The third-order valence-corrected chi connectivity index (χ3v) is 5.41. The number of para-hydroxylation sites is 1. The minimum Gasteiger partial charge on any atom is -0.467 e. The SMILES string of the molecule is N#Cc1c(CCCNC(=O)NCCc2cc(F)cc3c2OCOC3)nn(-c2ccccc2)c1N. The second-order valence-corrected chi connectivity index (χ2v) is 7.77. The second kappa shape index (κ2) is 10.7. The van der Waals surface area contributed by atoms with Crippen LogP contribution in [0.1, 0.15) is 28.8 Å². The number of amides is 2. The highest BCUT2D eigenvalue weighted by atomic mass is 19.1. The number of benzene rings is 2. The molecule has 2 heterocycles. The molecule has 1 aliphatic heterocycles. The van der Waals surface area contributed by atoms with Crippen molar-refractivity contribution < 1.29 is 18.7 Å². The molecule has 4 rings (SSSR count). The van der Waals surface area contributed by atoms with Crippen LogP contribution < -0.4 is 21.1 Å². The number of carbonyl (C=O) groups excluding carboxylic acids is 1. The number of urea groups is 1. The fourth-order valence-corrected chi connectivity index (χ4v) is 3.81. The molecule has 3 aromatic rings. The number of nitrogens with zero attached hydrogens (tertiary/aromatic N) is 3. The maximum absolute atomic E-state index is 13.8. The van der Waals surface area contributed by atoms with E-state index in [4.69, 9.17) is 15.2 Å². The van der Waals surface area contributed by atoms with Crippen LogP contribution >= 0.6 is 0 Å². The maximum atomic E-state index is 13.8. The van der Waals surface area contributed by atoms with E-state index in [9.17, 15) is 14.4 Å². The van der Waals surface area contributed by atoms with Crippen molar-refractivity contribution in [1.29, 1.82) is 5.26 Å². The van der Waals surface area contributed by atoms with Gasteiger partial charge in [-0.1, -0.05) is 18.2 Å². The van der Waals surface area contributed by atoms with Gasteiger partial charge >= 0.3 is 6.03 Å². The lowest BCUT2D eigenvalue weighted by Crippen LogP contribution is -2.37. The van der Waals surface area contributed by atoms with E-state index in [1.165, 1.54) is 12.1 Å². The van der Waals surface area contributed by atoms with E-state index in [1.54, 1.807) is 4.68 Å². The fraction of sp³-hybridized carbons (Fsp3) is 0.292. The zero-order valence-electron chi connectivity index (χ0n) is 18.5. The molecule has 0 saturated heterocycles. The Kier molecular flexibility index (Phi) is 7.25. The molecule has 176 valence electrons. The van der Waals surface area contributed by atoms with Crippen LogP contribution in [-0.2, 0) is 24.2 Å². The zero-order valence-corrected chi connectivity index (χ0v) is 18.5. The lowest BCUT2D eigenvalue weighted by molar-refractivity contribution is -0.0172. The van der Waals surface area contributed by atoms with Crippen LogP contribution in [0.2, 0.25) is 0 Å². The molecule has 1 aliphatic rings. The number of nitrogens with one attached hydrogen (secondary N) is 2. The highest BCUT2D eigenvalue weighted by molar-refractivity contribution is 5.73. The number of nitrogens with two attached hydrogens (primary N) is 1. The zero-order chi connectivity index (χ0) is 23.9. The van der Waals surface area contributed by atoms with E-state index in [-0.39, 0.29) is 18.6 Å². The predicted molar refractivity (Wildman–Crippen MR) is 123 cm³/mol. The van der Waals surface area contributed by atoms with Gasteiger partial charge in [0.25, 0.3) is 0 Å². The number of halogens is 1. The number of aryl methyl sites for hydroxylation is 1. The van der Waals surface area contributed by atoms with E-state index in [2.05, 4.69) is 21.8 Å². The Hall–Kier alpha value is -4.10. The van der Waals surface area contributed by atoms with Gasteiger partial charge in [-0.25, -0.2) is 13.9 Å². The van der Waals surface area contributed by atoms with E-state index in [0.29, 0.717) is 72.9 Å². The number of hydrogen-bond donors (Lipinski definition) is 3. The predicted octanol–water partition coefficient (Wildman–Crippen LogP) is 2.81. The van der Waals surface area contributed by atoms with E-state index in [0.717, 1.165) is 5.69 Å². The van der Waals surface area contributed by atoms with Crippen molar-refractivity contribution in [3.8, 4) is 17.5 Å². The van der Waals surface area contributed by atoms with Gasteiger partial charge in [0, 0.05) is 18.7 Å². The molecule has 4 N–H and O–H groups in total. The van der Waals surface area contributed by atoms with Crippen LogP contribution in [0.15, 0.2) is 42.5 Å². The molecular weight excluding hydrogens is 439 g/mol. The van der Waals surface area contributed by atoms with Gasteiger partial charge < -0.3 is 25.8 Å². The molecule has 0 unspecified atom stereocenters. The monoisotopic (exact) mass is 464 g/mol. The van der Waals surface area contributed by atoms with Gasteiger partial charge in [-0.05, 0) is 49.1 Å². The van der Waals surface area contributed by atoms with Gasteiger partial charge in [0.2, 0.25) is 0 Å². The highest BCUT2D eigenvalue weighted by Crippen LogP contribution is 2.29. The van der Waals surface area contributed by atoms with E-state index < -0.39 is 0 Å². The molecule has 0 spiro atoms. The number of aromatic nitrogens is 2. The summed E-state index contributed by atoms with van der Waals surface area (Å²) in [5.74, 6) is 0.557. The normalized spacial score (nSPS) is 12.4. The van der Waals surface area contributed by atoms with Gasteiger partial charge in [-0.2, -0.15) is 10.4 Å². The number of fused-ring (bicyclic) bond motifs is 1. The summed E-state index contributed by atoms with van der Waals surface area (Å²) in [5, 5.41) is 19.5. The van der Waals surface area contributed by atoms with Crippen LogP contribution in [0.5, 0.6) is 5.75 Å². The Morgan fingerprint density at radius 2 is 2.00 bits per heavy atom. The van der Waals surface area contributed by atoms with Gasteiger partial charge in [-0.15, -0.1) is 0 Å². The molecule has 34 heavy (non-hydrogen) atoms. The molecule has 0 fully saturated rings. The van der Waals surface area contributed by atoms with Crippen LogP contribution in [0.4, 0.5) is 15.0 Å². The Bertz CT molecular complexity index is 1210. The van der Waals surface area contributed by atoms with Crippen molar-refractivity contribution in [3.63, 3.8) is 0 Å². The Morgan fingerprint density at radius 3 is 2.79 bits per heavy atom. The van der Waals surface area contributed by atoms with Crippen LogP contribution in [0, 0.1) is 17.1 Å². The van der Waals surface area contributed by atoms with Gasteiger partial charge in [0.05, 0.1) is 18.0 Å². The van der Waals surface area contributed by atoms with Crippen molar-refractivity contribution >= 4 is 11.8 Å². The average Bonchev–Trinajstić information content (AvgIpc) is 3.17. The molecule has 2 aromatic carbocycles. The first-order valence-electron chi connectivity index (χ1n) is 10.9. The topological polar surface area (TPSA) is 127 Å². The quantitative estimate of drug-likeness (QED) is 0.440. The van der Waals surface area contributed by atoms with Gasteiger partial charge in [-0.3, -0.25) is 0 Å². The van der Waals surface area contributed by atoms with Gasteiger partial charge in [0.15, 0.2) is 6.79 Å². The minimum absolute atomic E-state index is 0.127. The average molecular weight is 465 g/mol. The standard InChI is InChI=1S/C24H25FN6O3/c25-18-11-16(22-17(12-18)14-33-15-34-22)8-10-29-24(32)28-9-4-7-21-20(13-26)23(27)31(30-21)19-5-2-1-3-6-19/h1-3,5-6,11-12H,4,7-10,14-15,27H2,(H2,28,29,32). The minimum atomic E-state index is -0.362. The molecule has 9 nitrogen and oxygen atoms in total. The van der Waals surface area contributed by atoms with Crippen molar-refractivity contribution in [2.45, 2.75) is 25.9 Å². The summed E-state index contributed by atoms with van der Waals surface area (Å²) in [6.07, 6.45) is 1.50. The molecule has 0 aliphatic carbocycles.